The van der Waals surface area contributed by atoms with Gasteiger partial charge in [-0.2, -0.15) is 0 Å². The first kappa shape index (κ1) is 17.3. The topological polar surface area (TPSA) is 41.5 Å². The summed E-state index contributed by atoms with van der Waals surface area (Å²) in [5.74, 6) is 1.25. The van der Waals surface area contributed by atoms with Gasteiger partial charge in [0.05, 0.1) is 10.6 Å². The third kappa shape index (κ3) is 6.12. The average Bonchev–Trinajstić information content (AvgIpc) is 2.37. The molecule has 3 nitrogen and oxygen atoms in total. The fourth-order valence-corrected chi connectivity index (χ4v) is 1.87. The third-order valence-electron chi connectivity index (χ3n) is 3.18. The van der Waals surface area contributed by atoms with Crippen LogP contribution < -0.4 is 10.1 Å². The molecule has 0 saturated carbocycles. The van der Waals surface area contributed by atoms with Crippen molar-refractivity contribution in [2.45, 2.75) is 46.3 Å². The minimum Gasteiger partial charge on any atom is -0.489 e. The van der Waals surface area contributed by atoms with Gasteiger partial charge >= 0.3 is 0 Å². The minimum absolute atomic E-state index is 0.244. The lowest BCUT2D eigenvalue weighted by Crippen LogP contribution is -2.31. The van der Waals surface area contributed by atoms with Gasteiger partial charge in [0.2, 0.25) is 0 Å². The molecule has 20 heavy (non-hydrogen) atoms. The number of aliphatic hydroxyl groups is 1. The molecule has 0 fully saturated rings. The lowest BCUT2D eigenvalue weighted by molar-refractivity contribution is 0.00850. The van der Waals surface area contributed by atoms with Crippen molar-refractivity contribution >= 4 is 11.6 Å². The minimum atomic E-state index is -0.819. The maximum atomic E-state index is 9.92. The van der Waals surface area contributed by atoms with Gasteiger partial charge < -0.3 is 15.2 Å². The first-order valence-electron chi connectivity index (χ1n) is 7.18. The fraction of sp³-hybridized carbons (Fsp3) is 0.625. The lowest BCUT2D eigenvalue weighted by atomic mass is 10.1. The van der Waals surface area contributed by atoms with E-state index in [2.05, 4.69) is 19.2 Å². The van der Waals surface area contributed by atoms with E-state index in [0.717, 1.165) is 18.7 Å². The molecule has 1 atom stereocenters. The number of halogens is 1. The lowest BCUT2D eigenvalue weighted by Gasteiger charge is -2.22. The molecular formula is C16H26ClNO2. The molecule has 1 aromatic rings. The summed E-state index contributed by atoms with van der Waals surface area (Å²) >= 11 is 6.21. The molecule has 2 N–H and O–H groups in total. The van der Waals surface area contributed by atoms with Crippen LogP contribution in [0, 0.1) is 5.92 Å². The molecule has 0 spiro atoms. The maximum Gasteiger partial charge on any atom is 0.138 e. The van der Waals surface area contributed by atoms with Gasteiger partial charge in [0.1, 0.15) is 12.4 Å². The molecule has 0 aromatic heterocycles. The van der Waals surface area contributed by atoms with Gasteiger partial charge in [0, 0.05) is 6.54 Å². The Morgan fingerprint density at radius 2 is 2.10 bits per heavy atom. The van der Waals surface area contributed by atoms with Crippen LogP contribution in [0.5, 0.6) is 5.75 Å². The first-order chi connectivity index (χ1) is 9.34. The van der Waals surface area contributed by atoms with Crippen molar-refractivity contribution in [3.63, 3.8) is 0 Å². The summed E-state index contributed by atoms with van der Waals surface area (Å²) in [5.41, 5.74) is 0.311. The quantitative estimate of drug-likeness (QED) is 0.770. The van der Waals surface area contributed by atoms with Crippen LogP contribution in [0.25, 0.3) is 0 Å². The molecule has 0 amide bonds. The second-order valence-corrected chi connectivity index (χ2v) is 6.34. The predicted octanol–water partition coefficient (Wildman–Crippen LogP) is 3.63. The fourth-order valence-electron chi connectivity index (χ4n) is 1.61. The number of hydrogen-bond acceptors (Lipinski definition) is 3. The van der Waals surface area contributed by atoms with Crippen LogP contribution in [-0.2, 0) is 6.54 Å². The Morgan fingerprint density at radius 3 is 2.65 bits per heavy atom. The van der Waals surface area contributed by atoms with Crippen molar-refractivity contribution in [1.29, 1.82) is 0 Å². The third-order valence-corrected chi connectivity index (χ3v) is 3.47. The molecule has 0 aliphatic heterocycles. The van der Waals surface area contributed by atoms with Crippen LogP contribution in [0.2, 0.25) is 5.02 Å². The van der Waals surface area contributed by atoms with Gasteiger partial charge in [0.15, 0.2) is 0 Å². The van der Waals surface area contributed by atoms with Crippen LogP contribution in [0.4, 0.5) is 0 Å². The van der Waals surface area contributed by atoms with Gasteiger partial charge in [-0.3, -0.25) is 0 Å². The summed E-state index contributed by atoms with van der Waals surface area (Å²) in [6.07, 6.45) is 0.641. The molecule has 4 heteroatoms. The zero-order valence-electron chi connectivity index (χ0n) is 12.9. The number of nitrogens with one attached hydrogen (secondary N) is 1. The molecule has 0 aliphatic carbocycles. The summed E-state index contributed by atoms with van der Waals surface area (Å²) < 4.78 is 5.59. The number of rotatable bonds is 8. The predicted molar refractivity (Wildman–Crippen MR) is 84.4 cm³/mol. The van der Waals surface area contributed by atoms with Gasteiger partial charge in [-0.1, -0.05) is 38.4 Å². The monoisotopic (exact) mass is 299 g/mol. The van der Waals surface area contributed by atoms with E-state index in [1.807, 2.05) is 25.1 Å². The van der Waals surface area contributed by atoms with E-state index in [-0.39, 0.29) is 6.61 Å². The molecule has 0 heterocycles. The van der Waals surface area contributed by atoms with Crippen LogP contribution in [-0.4, -0.2) is 23.9 Å². The van der Waals surface area contributed by atoms with Gasteiger partial charge in [-0.15, -0.1) is 0 Å². The molecule has 1 unspecified atom stereocenters. The Hall–Kier alpha value is -0.770. The Labute approximate surface area is 127 Å². The molecular weight excluding hydrogens is 274 g/mol. The van der Waals surface area contributed by atoms with E-state index in [4.69, 9.17) is 16.3 Å². The highest BCUT2D eigenvalue weighted by Gasteiger charge is 2.19. The van der Waals surface area contributed by atoms with Crippen molar-refractivity contribution in [3.05, 3.63) is 28.8 Å². The van der Waals surface area contributed by atoms with E-state index in [0.29, 0.717) is 23.1 Å². The summed E-state index contributed by atoms with van der Waals surface area (Å²) in [4.78, 5) is 0. The molecule has 0 bridgehead atoms. The summed E-state index contributed by atoms with van der Waals surface area (Å²) in [6.45, 7) is 10.1. The Bertz CT molecular complexity index is 419. The largest absolute Gasteiger partial charge is 0.489 e. The Balaban J connectivity index is 2.55. The first-order valence-corrected chi connectivity index (χ1v) is 7.56. The summed E-state index contributed by atoms with van der Waals surface area (Å²) in [5, 5.41) is 13.9. The Morgan fingerprint density at radius 1 is 1.40 bits per heavy atom. The molecule has 1 rings (SSSR count). The Kier molecular flexibility index (Phi) is 6.80. The highest BCUT2D eigenvalue weighted by Crippen LogP contribution is 2.26. The SMILES string of the molecule is CCC(C)(O)COc1ccc(CNCC(C)C)cc1Cl. The van der Waals surface area contributed by atoms with E-state index in [1.165, 1.54) is 0 Å². The van der Waals surface area contributed by atoms with Crippen LogP contribution >= 0.6 is 11.6 Å². The van der Waals surface area contributed by atoms with Crippen LogP contribution in [0.15, 0.2) is 18.2 Å². The highest BCUT2D eigenvalue weighted by atomic mass is 35.5. The zero-order valence-corrected chi connectivity index (χ0v) is 13.6. The van der Waals surface area contributed by atoms with Crippen molar-refractivity contribution in [3.8, 4) is 5.75 Å². The van der Waals surface area contributed by atoms with Gasteiger partial charge in [-0.05, 0) is 43.5 Å². The van der Waals surface area contributed by atoms with E-state index >= 15 is 0 Å². The summed E-state index contributed by atoms with van der Waals surface area (Å²) in [7, 11) is 0. The van der Waals surface area contributed by atoms with Crippen molar-refractivity contribution < 1.29 is 9.84 Å². The van der Waals surface area contributed by atoms with Crippen molar-refractivity contribution in [2.24, 2.45) is 5.92 Å². The number of hydrogen-bond donors (Lipinski definition) is 2. The molecule has 0 aliphatic rings. The second kappa shape index (κ2) is 7.87. The average molecular weight is 300 g/mol. The van der Waals surface area contributed by atoms with Crippen LogP contribution in [0.1, 0.15) is 39.7 Å². The second-order valence-electron chi connectivity index (χ2n) is 5.93. The molecule has 114 valence electrons. The smallest absolute Gasteiger partial charge is 0.138 e. The standard InChI is InChI=1S/C16H26ClNO2/c1-5-16(4,19)11-20-15-7-6-13(8-14(15)17)10-18-9-12(2)3/h6-8,12,18-19H,5,9-11H2,1-4H3. The number of ether oxygens (including phenoxy) is 1. The summed E-state index contributed by atoms with van der Waals surface area (Å²) in [6, 6.07) is 5.76. The van der Waals surface area contributed by atoms with E-state index < -0.39 is 5.60 Å². The highest BCUT2D eigenvalue weighted by molar-refractivity contribution is 6.32. The molecule has 1 aromatic carbocycles. The van der Waals surface area contributed by atoms with Crippen molar-refractivity contribution in [1.82, 2.24) is 5.32 Å². The molecule has 0 radical (unpaired) electrons. The van der Waals surface area contributed by atoms with E-state index in [9.17, 15) is 5.11 Å². The van der Waals surface area contributed by atoms with Crippen molar-refractivity contribution in [2.75, 3.05) is 13.2 Å². The van der Waals surface area contributed by atoms with E-state index in [1.54, 1.807) is 6.92 Å². The van der Waals surface area contributed by atoms with Gasteiger partial charge in [-0.25, -0.2) is 0 Å². The normalized spacial score (nSPS) is 14.3. The zero-order chi connectivity index (χ0) is 15.2. The molecule has 0 saturated heterocycles. The van der Waals surface area contributed by atoms with Gasteiger partial charge in [0.25, 0.3) is 0 Å². The van der Waals surface area contributed by atoms with Crippen LogP contribution in [0.3, 0.4) is 0 Å². The number of benzene rings is 1. The maximum absolute atomic E-state index is 9.92.